The molecular weight excluding hydrogens is 254 g/mol. The van der Waals surface area contributed by atoms with Crippen molar-refractivity contribution in [2.75, 3.05) is 12.4 Å². The second kappa shape index (κ2) is 6.28. The average molecular weight is 273 g/mol. The first-order chi connectivity index (χ1) is 9.63. The molecule has 4 heteroatoms. The molecule has 2 rings (SSSR count). The van der Waals surface area contributed by atoms with Crippen molar-refractivity contribution in [1.82, 2.24) is 0 Å². The van der Waals surface area contributed by atoms with E-state index >= 15 is 0 Å². The second-order valence-electron chi connectivity index (χ2n) is 4.61. The summed E-state index contributed by atoms with van der Waals surface area (Å²) in [5, 5.41) is 3.33. The molecule has 1 aromatic heterocycles. The molecule has 106 valence electrons. The fourth-order valence-electron chi connectivity index (χ4n) is 1.95. The van der Waals surface area contributed by atoms with Gasteiger partial charge in [0.05, 0.1) is 13.2 Å². The third kappa shape index (κ3) is 3.20. The highest BCUT2D eigenvalue weighted by Gasteiger charge is 2.15. The molecule has 1 heterocycles. The molecule has 0 spiro atoms. The molecule has 0 radical (unpaired) electrons. The van der Waals surface area contributed by atoms with Gasteiger partial charge in [-0.1, -0.05) is 19.1 Å². The minimum absolute atomic E-state index is 0.0270. The van der Waals surface area contributed by atoms with Crippen LogP contribution in [-0.2, 0) is 11.2 Å². The smallest absolute Gasteiger partial charge is 0.373 e. The fourth-order valence-corrected chi connectivity index (χ4v) is 1.95. The number of nitrogens with one attached hydrogen (secondary N) is 1. The Morgan fingerprint density at radius 1 is 1.25 bits per heavy atom. The number of ether oxygens (including phenoxy) is 1. The molecule has 0 aliphatic heterocycles. The monoisotopic (exact) mass is 273 g/mol. The van der Waals surface area contributed by atoms with Crippen LogP contribution in [0, 0.1) is 0 Å². The van der Waals surface area contributed by atoms with E-state index in [1.54, 1.807) is 12.1 Å². The van der Waals surface area contributed by atoms with Gasteiger partial charge in [-0.05, 0) is 43.2 Å². The Morgan fingerprint density at radius 2 is 1.95 bits per heavy atom. The summed E-state index contributed by atoms with van der Waals surface area (Å²) in [5.74, 6) is 0.457. The van der Waals surface area contributed by atoms with Crippen molar-refractivity contribution < 1.29 is 13.9 Å². The van der Waals surface area contributed by atoms with Gasteiger partial charge in [0, 0.05) is 5.69 Å². The Morgan fingerprint density at radius 3 is 2.55 bits per heavy atom. The van der Waals surface area contributed by atoms with E-state index in [2.05, 4.69) is 29.1 Å². The van der Waals surface area contributed by atoms with Gasteiger partial charge in [-0.3, -0.25) is 0 Å². The summed E-state index contributed by atoms with van der Waals surface area (Å²) in [5.41, 5.74) is 2.32. The van der Waals surface area contributed by atoms with Crippen molar-refractivity contribution in [1.29, 1.82) is 0 Å². The first kappa shape index (κ1) is 14.2. The van der Waals surface area contributed by atoms with Gasteiger partial charge in [0.25, 0.3) is 0 Å². The minimum atomic E-state index is -0.462. The number of esters is 1. The number of hydrogen-bond donors (Lipinski definition) is 1. The molecule has 1 N–H and O–H groups in total. The molecule has 1 aromatic carbocycles. The lowest BCUT2D eigenvalue weighted by Crippen LogP contribution is -2.06. The third-order valence-corrected chi connectivity index (χ3v) is 3.19. The predicted molar refractivity (Wildman–Crippen MR) is 77.9 cm³/mol. The molecule has 4 nitrogen and oxygen atoms in total. The van der Waals surface area contributed by atoms with Gasteiger partial charge in [0.2, 0.25) is 5.76 Å². The Labute approximate surface area is 118 Å². The zero-order valence-corrected chi connectivity index (χ0v) is 12.0. The Bertz CT molecular complexity index is 572. The Balaban J connectivity index is 2.05. The van der Waals surface area contributed by atoms with Gasteiger partial charge < -0.3 is 14.5 Å². The molecule has 0 aliphatic carbocycles. The minimum Gasteiger partial charge on any atom is -0.463 e. The first-order valence-corrected chi connectivity index (χ1v) is 6.67. The summed E-state index contributed by atoms with van der Waals surface area (Å²) in [6, 6.07) is 11.7. The molecule has 0 saturated heterocycles. The number of carbonyl (C=O) groups excluding carboxylic acids is 1. The van der Waals surface area contributed by atoms with Crippen LogP contribution in [0.4, 0.5) is 5.69 Å². The molecule has 20 heavy (non-hydrogen) atoms. The van der Waals surface area contributed by atoms with Gasteiger partial charge in [-0.15, -0.1) is 0 Å². The Hall–Kier alpha value is -2.23. The van der Waals surface area contributed by atoms with E-state index in [4.69, 9.17) is 4.42 Å². The van der Waals surface area contributed by atoms with E-state index in [0.717, 1.165) is 12.1 Å². The van der Waals surface area contributed by atoms with Crippen molar-refractivity contribution in [2.24, 2.45) is 0 Å². The zero-order chi connectivity index (χ0) is 14.5. The Kier molecular flexibility index (Phi) is 4.45. The molecule has 0 bridgehead atoms. The van der Waals surface area contributed by atoms with Crippen LogP contribution >= 0.6 is 0 Å². The second-order valence-corrected chi connectivity index (χ2v) is 4.61. The van der Waals surface area contributed by atoms with E-state index in [-0.39, 0.29) is 11.8 Å². The highest BCUT2D eigenvalue weighted by Crippen LogP contribution is 2.22. The van der Waals surface area contributed by atoms with Crippen molar-refractivity contribution in [3.8, 4) is 0 Å². The molecule has 0 amide bonds. The number of methoxy groups -OCH3 is 1. The van der Waals surface area contributed by atoms with Crippen molar-refractivity contribution >= 4 is 11.7 Å². The quantitative estimate of drug-likeness (QED) is 0.842. The van der Waals surface area contributed by atoms with Crippen LogP contribution in [0.5, 0.6) is 0 Å². The molecule has 0 aliphatic rings. The maximum absolute atomic E-state index is 11.3. The first-order valence-electron chi connectivity index (χ1n) is 6.67. The highest BCUT2D eigenvalue weighted by molar-refractivity contribution is 5.86. The summed E-state index contributed by atoms with van der Waals surface area (Å²) >= 11 is 0. The molecule has 0 fully saturated rings. The lowest BCUT2D eigenvalue weighted by atomic mass is 10.1. The van der Waals surface area contributed by atoms with Gasteiger partial charge in [-0.25, -0.2) is 4.79 Å². The summed E-state index contributed by atoms with van der Waals surface area (Å²) in [6.07, 6.45) is 1.02. The molecule has 0 saturated carbocycles. The number of rotatable bonds is 5. The van der Waals surface area contributed by atoms with Crippen molar-refractivity contribution in [2.45, 2.75) is 26.3 Å². The number of benzene rings is 1. The van der Waals surface area contributed by atoms with Crippen LogP contribution in [0.15, 0.2) is 40.8 Å². The summed E-state index contributed by atoms with van der Waals surface area (Å²) in [7, 11) is 1.33. The number of aryl methyl sites for hydroxylation is 1. The molecule has 1 atom stereocenters. The van der Waals surface area contributed by atoms with Crippen LogP contribution in [0.25, 0.3) is 0 Å². The third-order valence-electron chi connectivity index (χ3n) is 3.19. The van der Waals surface area contributed by atoms with Crippen LogP contribution in [0.1, 0.15) is 41.8 Å². The van der Waals surface area contributed by atoms with Crippen molar-refractivity contribution in [3.63, 3.8) is 0 Å². The SMILES string of the molecule is CCc1ccc(NC(C)c2ccc(C(=O)OC)o2)cc1. The van der Waals surface area contributed by atoms with E-state index in [0.29, 0.717) is 5.76 Å². The lowest BCUT2D eigenvalue weighted by Gasteiger charge is -2.13. The van der Waals surface area contributed by atoms with Crippen molar-refractivity contribution in [3.05, 3.63) is 53.5 Å². The fraction of sp³-hybridized carbons (Fsp3) is 0.312. The predicted octanol–water partition coefficient (Wildman–Crippen LogP) is 3.80. The number of furan rings is 1. The van der Waals surface area contributed by atoms with Crippen LogP contribution in [-0.4, -0.2) is 13.1 Å². The van der Waals surface area contributed by atoms with Crippen LogP contribution in [0.3, 0.4) is 0 Å². The summed E-state index contributed by atoms with van der Waals surface area (Å²) in [6.45, 7) is 4.11. The van der Waals surface area contributed by atoms with Gasteiger partial charge >= 0.3 is 5.97 Å². The standard InChI is InChI=1S/C16H19NO3/c1-4-12-5-7-13(8-6-12)17-11(2)14-9-10-15(20-14)16(18)19-3/h5-11,17H,4H2,1-3H3. The molecule has 1 unspecified atom stereocenters. The summed E-state index contributed by atoms with van der Waals surface area (Å²) < 4.78 is 10.1. The van der Waals surface area contributed by atoms with Crippen LogP contribution < -0.4 is 5.32 Å². The summed E-state index contributed by atoms with van der Waals surface area (Å²) in [4.78, 5) is 11.3. The van der Waals surface area contributed by atoms with E-state index in [1.807, 2.05) is 19.1 Å². The highest BCUT2D eigenvalue weighted by atomic mass is 16.5. The largest absolute Gasteiger partial charge is 0.463 e. The van der Waals surface area contributed by atoms with Crippen LogP contribution in [0.2, 0.25) is 0 Å². The normalized spacial score (nSPS) is 11.9. The molecule has 2 aromatic rings. The van der Waals surface area contributed by atoms with Gasteiger partial charge in [0.1, 0.15) is 5.76 Å². The average Bonchev–Trinajstić information content (AvgIpc) is 2.97. The number of carbonyl (C=O) groups is 1. The topological polar surface area (TPSA) is 51.5 Å². The van der Waals surface area contributed by atoms with E-state index < -0.39 is 5.97 Å². The zero-order valence-electron chi connectivity index (χ0n) is 12.0. The molecular formula is C16H19NO3. The number of anilines is 1. The van der Waals surface area contributed by atoms with Gasteiger partial charge in [0.15, 0.2) is 0 Å². The van der Waals surface area contributed by atoms with E-state index in [9.17, 15) is 4.79 Å². The van der Waals surface area contributed by atoms with Gasteiger partial charge in [-0.2, -0.15) is 0 Å². The lowest BCUT2D eigenvalue weighted by molar-refractivity contribution is 0.0562. The maximum atomic E-state index is 11.3. The van der Waals surface area contributed by atoms with E-state index in [1.165, 1.54) is 12.7 Å². The maximum Gasteiger partial charge on any atom is 0.373 e. The number of hydrogen-bond acceptors (Lipinski definition) is 4.